The summed E-state index contributed by atoms with van der Waals surface area (Å²) in [5, 5.41) is 13.6. The fourth-order valence-corrected chi connectivity index (χ4v) is 4.06. The van der Waals surface area contributed by atoms with Gasteiger partial charge in [0.15, 0.2) is 0 Å². The fraction of sp³-hybridized carbons (Fsp3) is 0.632. The summed E-state index contributed by atoms with van der Waals surface area (Å²) in [6, 6.07) is 9.50. The van der Waals surface area contributed by atoms with Gasteiger partial charge in [-0.3, -0.25) is 0 Å². The molecule has 4 heteroatoms. The van der Waals surface area contributed by atoms with Crippen LogP contribution < -0.4 is 5.32 Å². The van der Waals surface area contributed by atoms with Crippen LogP contribution in [-0.4, -0.2) is 27.8 Å². The van der Waals surface area contributed by atoms with Crippen LogP contribution in [0.15, 0.2) is 30.3 Å². The van der Waals surface area contributed by atoms with Crippen LogP contribution >= 0.6 is 0 Å². The minimum absolute atomic E-state index is 0.204. The SMILES string of the molecule is CC(C)(C)N[C@@H](c1ccccc1)[C@@]1(C(=O)O)OC12CCCCC2. The van der Waals surface area contributed by atoms with Crippen LogP contribution in [0.4, 0.5) is 0 Å². The number of epoxide rings is 1. The van der Waals surface area contributed by atoms with Crippen LogP contribution in [0, 0.1) is 0 Å². The number of carboxylic acid groups (broad SMARTS) is 1. The zero-order chi connectivity index (χ0) is 16.7. The average molecular weight is 317 g/mol. The number of hydrogen-bond acceptors (Lipinski definition) is 3. The first-order chi connectivity index (χ1) is 10.8. The first kappa shape index (κ1) is 16.5. The molecule has 1 saturated heterocycles. The molecule has 3 rings (SSSR count). The molecule has 1 heterocycles. The molecule has 23 heavy (non-hydrogen) atoms. The lowest BCUT2D eigenvalue weighted by Gasteiger charge is -2.34. The molecule has 2 fully saturated rings. The Morgan fingerprint density at radius 3 is 2.30 bits per heavy atom. The summed E-state index contributed by atoms with van der Waals surface area (Å²) in [7, 11) is 0. The Bertz CT molecular complexity index is 572. The van der Waals surface area contributed by atoms with Crippen molar-refractivity contribution in [1.82, 2.24) is 5.32 Å². The second-order valence-corrected chi connectivity index (χ2v) is 7.94. The number of carboxylic acids is 1. The van der Waals surface area contributed by atoms with Crippen molar-refractivity contribution in [1.29, 1.82) is 0 Å². The standard InChI is InChI=1S/C19H27NO3/c1-17(2,3)20-15(14-10-6-4-7-11-14)19(16(21)22)18(23-19)12-8-5-9-13-18/h4,6-7,10-11,15,20H,5,8-9,12-13H2,1-3H3,(H,21,22)/t15-,19-/m0/s1. The van der Waals surface area contributed by atoms with Crippen LogP contribution in [0.1, 0.15) is 64.5 Å². The molecule has 1 saturated carbocycles. The van der Waals surface area contributed by atoms with Crippen molar-refractivity contribution in [3.05, 3.63) is 35.9 Å². The summed E-state index contributed by atoms with van der Waals surface area (Å²) in [5.74, 6) is -0.843. The normalized spacial score (nSPS) is 27.6. The van der Waals surface area contributed by atoms with Gasteiger partial charge in [0.05, 0.1) is 6.04 Å². The van der Waals surface area contributed by atoms with Crippen LogP contribution in [0.3, 0.4) is 0 Å². The largest absolute Gasteiger partial charge is 0.479 e. The minimum atomic E-state index is -1.15. The molecule has 1 aliphatic carbocycles. The third-order valence-electron chi connectivity index (χ3n) is 5.09. The van der Waals surface area contributed by atoms with Gasteiger partial charge in [-0.15, -0.1) is 0 Å². The van der Waals surface area contributed by atoms with Crippen molar-refractivity contribution in [3.63, 3.8) is 0 Å². The quantitative estimate of drug-likeness (QED) is 0.832. The van der Waals surface area contributed by atoms with Crippen LogP contribution in [0.2, 0.25) is 0 Å². The van der Waals surface area contributed by atoms with E-state index in [2.05, 4.69) is 26.1 Å². The molecule has 126 valence electrons. The van der Waals surface area contributed by atoms with E-state index in [1.807, 2.05) is 30.3 Å². The third-order valence-corrected chi connectivity index (χ3v) is 5.09. The molecular weight excluding hydrogens is 290 g/mol. The first-order valence-corrected chi connectivity index (χ1v) is 8.57. The number of hydrogen-bond donors (Lipinski definition) is 2. The minimum Gasteiger partial charge on any atom is -0.479 e. The lowest BCUT2D eigenvalue weighted by molar-refractivity contribution is -0.145. The zero-order valence-corrected chi connectivity index (χ0v) is 14.3. The Morgan fingerprint density at radius 1 is 1.17 bits per heavy atom. The maximum atomic E-state index is 12.3. The molecule has 2 atom stereocenters. The van der Waals surface area contributed by atoms with Gasteiger partial charge in [0.1, 0.15) is 5.60 Å². The van der Waals surface area contributed by atoms with E-state index in [4.69, 9.17) is 4.74 Å². The molecule has 1 aromatic carbocycles. The number of carbonyl (C=O) groups is 1. The highest BCUT2D eigenvalue weighted by molar-refractivity contribution is 5.85. The molecule has 1 aromatic rings. The predicted octanol–water partition coefficient (Wildman–Crippen LogP) is 3.67. The Hall–Kier alpha value is -1.39. The third kappa shape index (κ3) is 2.79. The van der Waals surface area contributed by atoms with Gasteiger partial charge in [0, 0.05) is 5.54 Å². The Balaban J connectivity index is 2.02. The summed E-state index contributed by atoms with van der Waals surface area (Å²) < 4.78 is 6.09. The molecule has 0 aromatic heterocycles. The second-order valence-electron chi connectivity index (χ2n) is 7.94. The van der Waals surface area contributed by atoms with Crippen molar-refractivity contribution in [2.75, 3.05) is 0 Å². The van der Waals surface area contributed by atoms with Gasteiger partial charge >= 0.3 is 5.97 Å². The number of benzene rings is 1. The summed E-state index contributed by atoms with van der Waals surface area (Å²) in [4.78, 5) is 12.3. The summed E-state index contributed by atoms with van der Waals surface area (Å²) in [5.41, 5.74) is -0.880. The highest BCUT2D eigenvalue weighted by Crippen LogP contribution is 2.62. The van der Waals surface area contributed by atoms with Crippen LogP contribution in [-0.2, 0) is 9.53 Å². The van der Waals surface area contributed by atoms with E-state index in [0.717, 1.165) is 31.2 Å². The van der Waals surface area contributed by atoms with E-state index in [0.29, 0.717) is 0 Å². The molecule has 0 radical (unpaired) electrons. The first-order valence-electron chi connectivity index (χ1n) is 8.57. The lowest BCUT2D eigenvalue weighted by Crippen LogP contribution is -2.51. The van der Waals surface area contributed by atoms with E-state index >= 15 is 0 Å². The van der Waals surface area contributed by atoms with Crippen LogP contribution in [0.25, 0.3) is 0 Å². The Morgan fingerprint density at radius 2 is 1.78 bits per heavy atom. The molecular formula is C19H27NO3. The van der Waals surface area contributed by atoms with E-state index in [1.54, 1.807) is 0 Å². The van der Waals surface area contributed by atoms with Gasteiger partial charge in [0.2, 0.25) is 5.60 Å². The molecule has 1 aliphatic heterocycles. The van der Waals surface area contributed by atoms with Gasteiger partial charge in [-0.2, -0.15) is 0 Å². The molecule has 4 nitrogen and oxygen atoms in total. The highest BCUT2D eigenvalue weighted by atomic mass is 16.7. The van der Waals surface area contributed by atoms with Crippen molar-refractivity contribution in [2.24, 2.45) is 0 Å². The molecule has 0 unspecified atom stereocenters. The van der Waals surface area contributed by atoms with Gasteiger partial charge in [0.25, 0.3) is 0 Å². The zero-order valence-electron chi connectivity index (χ0n) is 14.3. The van der Waals surface area contributed by atoms with Gasteiger partial charge in [-0.1, -0.05) is 49.6 Å². The molecule has 2 N–H and O–H groups in total. The van der Waals surface area contributed by atoms with E-state index < -0.39 is 17.2 Å². The summed E-state index contributed by atoms with van der Waals surface area (Å²) in [6.07, 6.45) is 4.95. The van der Waals surface area contributed by atoms with Gasteiger partial charge < -0.3 is 15.2 Å². The predicted molar refractivity (Wildman–Crippen MR) is 89.3 cm³/mol. The fourth-order valence-electron chi connectivity index (χ4n) is 4.06. The van der Waals surface area contributed by atoms with E-state index in [1.165, 1.54) is 6.42 Å². The topological polar surface area (TPSA) is 61.9 Å². The van der Waals surface area contributed by atoms with Crippen molar-refractivity contribution in [3.8, 4) is 0 Å². The number of ether oxygens (including phenoxy) is 1. The monoisotopic (exact) mass is 317 g/mol. The molecule has 0 amide bonds. The summed E-state index contributed by atoms with van der Waals surface area (Å²) >= 11 is 0. The molecule has 1 spiro atoms. The maximum absolute atomic E-state index is 12.3. The molecule has 0 bridgehead atoms. The van der Waals surface area contributed by atoms with Gasteiger partial charge in [-0.25, -0.2) is 4.79 Å². The van der Waals surface area contributed by atoms with E-state index in [9.17, 15) is 9.90 Å². The van der Waals surface area contributed by atoms with Crippen LogP contribution in [0.5, 0.6) is 0 Å². The van der Waals surface area contributed by atoms with Crippen molar-refractivity contribution < 1.29 is 14.6 Å². The number of rotatable bonds is 4. The number of nitrogens with one attached hydrogen (secondary N) is 1. The van der Waals surface area contributed by atoms with Crippen molar-refractivity contribution >= 4 is 5.97 Å². The maximum Gasteiger partial charge on any atom is 0.341 e. The Kier molecular flexibility index (Phi) is 4.01. The molecule has 2 aliphatic rings. The summed E-state index contributed by atoms with van der Waals surface area (Å²) in [6.45, 7) is 6.19. The second kappa shape index (κ2) is 5.60. The lowest BCUT2D eigenvalue weighted by atomic mass is 9.74. The smallest absolute Gasteiger partial charge is 0.341 e. The van der Waals surface area contributed by atoms with E-state index in [-0.39, 0.29) is 11.6 Å². The Labute approximate surface area is 138 Å². The highest BCUT2D eigenvalue weighted by Gasteiger charge is 2.78. The number of aliphatic carboxylic acids is 1. The van der Waals surface area contributed by atoms with Gasteiger partial charge in [-0.05, 0) is 39.2 Å². The average Bonchev–Trinajstić information content (AvgIpc) is 3.14. The van der Waals surface area contributed by atoms with Crippen molar-refractivity contribution in [2.45, 2.75) is 75.7 Å².